The van der Waals surface area contributed by atoms with E-state index in [2.05, 4.69) is 10.3 Å². The lowest BCUT2D eigenvalue weighted by Gasteiger charge is -2.23. The predicted octanol–water partition coefficient (Wildman–Crippen LogP) is 4.02. The average Bonchev–Trinajstić information content (AvgIpc) is 3.11. The number of ether oxygens (including phenoxy) is 1. The Kier molecular flexibility index (Phi) is 4.38. The Balaban J connectivity index is 1.91. The molecule has 1 aliphatic heterocycles. The highest BCUT2D eigenvalue weighted by molar-refractivity contribution is 6.37. The fraction of sp³-hybridized carbons (Fsp3) is 0.400. The Bertz CT molecular complexity index is 587. The summed E-state index contributed by atoms with van der Waals surface area (Å²) in [5.74, 6) is 1.31. The van der Waals surface area contributed by atoms with Crippen molar-refractivity contribution in [1.82, 2.24) is 10.3 Å². The fourth-order valence-corrected chi connectivity index (χ4v) is 3.27. The number of aromatic nitrogens is 1. The molecular formula is C15H16Cl2N2O2. The van der Waals surface area contributed by atoms with Gasteiger partial charge in [-0.1, -0.05) is 23.2 Å². The normalized spacial score (nSPS) is 19.7. The second-order valence-electron chi connectivity index (χ2n) is 5.22. The second-order valence-corrected chi connectivity index (χ2v) is 6.03. The lowest BCUT2D eigenvalue weighted by molar-refractivity contribution is 0.114. The van der Waals surface area contributed by atoms with Gasteiger partial charge < -0.3 is 14.5 Å². The molecule has 6 heteroatoms. The van der Waals surface area contributed by atoms with Gasteiger partial charge in [0.2, 0.25) is 5.89 Å². The van der Waals surface area contributed by atoms with Gasteiger partial charge in [0.25, 0.3) is 0 Å². The molecule has 3 rings (SSSR count). The molecule has 1 N–H and O–H groups in total. The van der Waals surface area contributed by atoms with E-state index in [1.165, 1.54) is 0 Å². The highest BCUT2D eigenvalue weighted by atomic mass is 35.5. The summed E-state index contributed by atoms with van der Waals surface area (Å²) in [5, 5.41) is 4.33. The molecule has 1 aliphatic rings. The predicted molar refractivity (Wildman–Crippen MR) is 82.0 cm³/mol. The summed E-state index contributed by atoms with van der Waals surface area (Å²) in [6.07, 6.45) is 3.86. The van der Waals surface area contributed by atoms with E-state index in [1.54, 1.807) is 12.5 Å². The smallest absolute Gasteiger partial charge is 0.235 e. The van der Waals surface area contributed by atoms with E-state index in [1.807, 2.05) is 19.1 Å². The Morgan fingerprint density at radius 3 is 2.71 bits per heavy atom. The molecule has 0 aliphatic carbocycles. The quantitative estimate of drug-likeness (QED) is 0.921. The van der Waals surface area contributed by atoms with Gasteiger partial charge in [-0.15, -0.1) is 0 Å². The van der Waals surface area contributed by atoms with Crippen LogP contribution in [0.4, 0.5) is 0 Å². The van der Waals surface area contributed by atoms with Gasteiger partial charge in [-0.2, -0.15) is 0 Å². The minimum atomic E-state index is -0.298. The summed E-state index contributed by atoms with van der Waals surface area (Å²) < 4.78 is 11.5. The molecule has 0 unspecified atom stereocenters. The molecule has 2 aromatic rings. The van der Waals surface area contributed by atoms with Crippen LogP contribution in [0.1, 0.15) is 24.0 Å². The van der Waals surface area contributed by atoms with Gasteiger partial charge >= 0.3 is 0 Å². The average molecular weight is 327 g/mol. The van der Waals surface area contributed by atoms with Gasteiger partial charge in [0.15, 0.2) is 11.9 Å². The van der Waals surface area contributed by atoms with E-state index >= 15 is 0 Å². The van der Waals surface area contributed by atoms with Crippen LogP contribution in [-0.2, 0) is 0 Å². The van der Waals surface area contributed by atoms with E-state index in [0.717, 1.165) is 25.1 Å². The van der Waals surface area contributed by atoms with Crippen molar-refractivity contribution in [2.45, 2.75) is 19.4 Å². The number of halogens is 2. The third-order valence-electron chi connectivity index (χ3n) is 3.61. The van der Waals surface area contributed by atoms with Crippen molar-refractivity contribution in [2.75, 3.05) is 13.1 Å². The first kappa shape index (κ1) is 14.7. The van der Waals surface area contributed by atoms with E-state index < -0.39 is 0 Å². The first-order valence-electron chi connectivity index (χ1n) is 6.87. The van der Waals surface area contributed by atoms with Gasteiger partial charge in [-0.05, 0) is 37.6 Å². The lowest BCUT2D eigenvalue weighted by Crippen LogP contribution is -2.22. The number of aryl methyl sites for hydroxylation is 1. The van der Waals surface area contributed by atoms with Gasteiger partial charge in [0, 0.05) is 12.5 Å². The van der Waals surface area contributed by atoms with E-state index in [-0.39, 0.29) is 12.0 Å². The zero-order valence-electron chi connectivity index (χ0n) is 11.6. The highest BCUT2D eigenvalue weighted by Crippen LogP contribution is 2.39. The standard InChI is InChI=1S/C15H16Cl2N2O2/c1-9-6-11(16)14(12(17)7-9)21-13(10-2-3-18-8-10)15-19-4-5-20-15/h4-7,10,13,18H,2-3,8H2,1H3/t10-,13+/m0/s1. The summed E-state index contributed by atoms with van der Waals surface area (Å²) in [7, 11) is 0. The number of rotatable bonds is 4. The molecule has 1 aromatic carbocycles. The SMILES string of the molecule is Cc1cc(Cl)c(O[C@@H](c2ncco2)[C@H]2CCNC2)c(Cl)c1. The number of hydrogen-bond acceptors (Lipinski definition) is 4. The lowest BCUT2D eigenvalue weighted by atomic mass is 10.0. The van der Waals surface area contributed by atoms with Crippen LogP contribution >= 0.6 is 23.2 Å². The summed E-state index contributed by atoms with van der Waals surface area (Å²) >= 11 is 12.5. The van der Waals surface area contributed by atoms with Crippen LogP contribution in [0.25, 0.3) is 0 Å². The Morgan fingerprint density at radius 1 is 1.38 bits per heavy atom. The van der Waals surface area contributed by atoms with Crippen LogP contribution in [-0.4, -0.2) is 18.1 Å². The summed E-state index contributed by atoms with van der Waals surface area (Å²) in [6.45, 7) is 3.75. The van der Waals surface area contributed by atoms with Crippen molar-refractivity contribution in [3.05, 3.63) is 46.1 Å². The van der Waals surface area contributed by atoms with Crippen molar-refractivity contribution in [1.29, 1.82) is 0 Å². The molecular weight excluding hydrogens is 311 g/mol. The van der Waals surface area contributed by atoms with Crippen molar-refractivity contribution < 1.29 is 9.15 Å². The molecule has 2 atom stereocenters. The van der Waals surface area contributed by atoms with Crippen LogP contribution in [0.2, 0.25) is 10.0 Å². The maximum atomic E-state index is 6.27. The topological polar surface area (TPSA) is 47.3 Å². The van der Waals surface area contributed by atoms with Gasteiger partial charge in [-0.25, -0.2) is 4.98 Å². The Labute approximate surface area is 133 Å². The molecule has 1 aromatic heterocycles. The van der Waals surface area contributed by atoms with Crippen molar-refractivity contribution in [2.24, 2.45) is 5.92 Å². The highest BCUT2D eigenvalue weighted by Gasteiger charge is 2.32. The molecule has 0 bridgehead atoms. The van der Waals surface area contributed by atoms with Crippen LogP contribution in [0.3, 0.4) is 0 Å². The molecule has 1 fully saturated rings. The van der Waals surface area contributed by atoms with Crippen LogP contribution in [0.15, 0.2) is 29.0 Å². The third kappa shape index (κ3) is 3.18. The fourth-order valence-electron chi connectivity index (χ4n) is 2.58. The minimum absolute atomic E-state index is 0.275. The minimum Gasteiger partial charge on any atom is -0.477 e. The van der Waals surface area contributed by atoms with Crippen molar-refractivity contribution in [3.8, 4) is 5.75 Å². The molecule has 4 nitrogen and oxygen atoms in total. The van der Waals surface area contributed by atoms with Crippen molar-refractivity contribution in [3.63, 3.8) is 0 Å². The number of oxazole rings is 1. The Hall–Kier alpha value is -1.23. The first-order valence-corrected chi connectivity index (χ1v) is 7.63. The number of benzene rings is 1. The van der Waals surface area contributed by atoms with Crippen LogP contribution in [0, 0.1) is 12.8 Å². The van der Waals surface area contributed by atoms with Gasteiger partial charge in [0.05, 0.1) is 16.2 Å². The molecule has 1 saturated heterocycles. The van der Waals surface area contributed by atoms with E-state index in [9.17, 15) is 0 Å². The molecule has 21 heavy (non-hydrogen) atoms. The zero-order valence-corrected chi connectivity index (χ0v) is 13.1. The molecule has 0 radical (unpaired) electrons. The number of nitrogens with zero attached hydrogens (tertiary/aromatic N) is 1. The largest absolute Gasteiger partial charge is 0.477 e. The number of nitrogens with one attached hydrogen (secondary N) is 1. The van der Waals surface area contributed by atoms with Gasteiger partial charge in [-0.3, -0.25) is 0 Å². The Morgan fingerprint density at radius 2 is 2.14 bits per heavy atom. The number of hydrogen-bond donors (Lipinski definition) is 1. The van der Waals surface area contributed by atoms with Crippen molar-refractivity contribution >= 4 is 23.2 Å². The summed E-state index contributed by atoms with van der Waals surface area (Å²) in [6, 6.07) is 3.67. The monoisotopic (exact) mass is 326 g/mol. The molecule has 2 heterocycles. The first-order chi connectivity index (χ1) is 10.1. The third-order valence-corrected chi connectivity index (χ3v) is 4.17. The van der Waals surface area contributed by atoms with E-state index in [4.69, 9.17) is 32.4 Å². The maximum Gasteiger partial charge on any atom is 0.235 e. The molecule has 0 spiro atoms. The van der Waals surface area contributed by atoms with Crippen LogP contribution in [0.5, 0.6) is 5.75 Å². The molecule has 0 amide bonds. The van der Waals surface area contributed by atoms with E-state index in [0.29, 0.717) is 21.7 Å². The zero-order chi connectivity index (χ0) is 14.8. The molecule has 0 saturated carbocycles. The summed E-state index contributed by atoms with van der Waals surface area (Å²) in [4.78, 5) is 4.23. The van der Waals surface area contributed by atoms with Crippen LogP contribution < -0.4 is 10.1 Å². The maximum absolute atomic E-state index is 6.27. The van der Waals surface area contributed by atoms with Gasteiger partial charge in [0.1, 0.15) is 6.26 Å². The summed E-state index contributed by atoms with van der Waals surface area (Å²) in [5.41, 5.74) is 0.993. The second kappa shape index (κ2) is 6.26. The molecule has 112 valence electrons.